The Morgan fingerprint density at radius 1 is 1.27 bits per heavy atom. The third kappa shape index (κ3) is 4.75. The first-order valence-electron chi connectivity index (χ1n) is 8.65. The highest BCUT2D eigenvalue weighted by Crippen LogP contribution is 2.27. The van der Waals surface area contributed by atoms with E-state index in [0.29, 0.717) is 17.3 Å². The Kier molecular flexibility index (Phi) is 6.14. The molecule has 138 valence electrons. The van der Waals surface area contributed by atoms with Gasteiger partial charge in [0.1, 0.15) is 5.75 Å². The van der Waals surface area contributed by atoms with Gasteiger partial charge in [-0.05, 0) is 48.6 Å². The molecule has 2 aromatic carbocycles. The average Bonchev–Trinajstić information content (AvgIpc) is 2.64. The molecule has 0 saturated heterocycles. The van der Waals surface area contributed by atoms with E-state index in [1.165, 1.54) is 5.56 Å². The van der Waals surface area contributed by atoms with Gasteiger partial charge in [-0.15, -0.1) is 0 Å². The minimum absolute atomic E-state index is 0.245. The molecule has 0 aliphatic heterocycles. The molecule has 0 fully saturated rings. The fraction of sp³-hybridized carbons (Fsp3) is 0.350. The van der Waals surface area contributed by atoms with Crippen LogP contribution in [0.1, 0.15) is 29.2 Å². The van der Waals surface area contributed by atoms with Gasteiger partial charge in [-0.25, -0.2) is 4.79 Å². The van der Waals surface area contributed by atoms with Gasteiger partial charge in [-0.1, -0.05) is 35.9 Å². The molecule has 2 atom stereocenters. The maximum absolute atomic E-state index is 10.6. The molecule has 0 saturated carbocycles. The molecule has 0 radical (unpaired) electrons. The van der Waals surface area contributed by atoms with Crippen molar-refractivity contribution in [2.45, 2.75) is 31.4 Å². The summed E-state index contributed by atoms with van der Waals surface area (Å²) in [4.78, 5) is 10.6. The van der Waals surface area contributed by atoms with Crippen LogP contribution in [0.15, 0.2) is 42.5 Å². The summed E-state index contributed by atoms with van der Waals surface area (Å²) in [5, 5.41) is 23.1. The van der Waals surface area contributed by atoms with Crippen molar-refractivity contribution in [3.63, 3.8) is 0 Å². The molecule has 1 aliphatic rings. The van der Waals surface area contributed by atoms with Gasteiger partial charge in [0.15, 0.2) is 6.61 Å². The van der Waals surface area contributed by atoms with E-state index in [-0.39, 0.29) is 12.6 Å². The number of benzene rings is 2. The Hall–Kier alpha value is -2.08. The van der Waals surface area contributed by atoms with Crippen LogP contribution in [0, 0.1) is 0 Å². The van der Waals surface area contributed by atoms with Crippen LogP contribution in [0.2, 0.25) is 5.02 Å². The molecule has 5 nitrogen and oxygen atoms in total. The van der Waals surface area contributed by atoms with Crippen LogP contribution in [-0.4, -0.2) is 35.4 Å². The van der Waals surface area contributed by atoms with Gasteiger partial charge in [-0.2, -0.15) is 0 Å². The number of rotatable bonds is 7. The number of hydrogen-bond donors (Lipinski definition) is 3. The summed E-state index contributed by atoms with van der Waals surface area (Å²) < 4.78 is 5.26. The molecular formula is C20H22ClNO4. The first kappa shape index (κ1) is 18.7. The van der Waals surface area contributed by atoms with Crippen molar-refractivity contribution < 1.29 is 19.7 Å². The van der Waals surface area contributed by atoms with E-state index in [2.05, 4.69) is 5.32 Å². The van der Waals surface area contributed by atoms with Crippen LogP contribution < -0.4 is 10.1 Å². The van der Waals surface area contributed by atoms with E-state index in [1.807, 2.05) is 36.4 Å². The molecule has 0 amide bonds. The molecule has 0 unspecified atom stereocenters. The van der Waals surface area contributed by atoms with Crippen LogP contribution >= 0.6 is 11.6 Å². The summed E-state index contributed by atoms with van der Waals surface area (Å²) in [7, 11) is 0. The topological polar surface area (TPSA) is 78.8 Å². The van der Waals surface area contributed by atoms with Crippen molar-refractivity contribution in [2.24, 2.45) is 0 Å². The SMILES string of the molecule is O=C(O)COc1ccc2c(c1)C[C@@H](NC[C@H](O)c1ccccc1Cl)CC2. The van der Waals surface area contributed by atoms with E-state index in [4.69, 9.17) is 21.4 Å². The van der Waals surface area contributed by atoms with Crippen molar-refractivity contribution in [1.82, 2.24) is 5.32 Å². The van der Waals surface area contributed by atoms with Crippen LogP contribution in [0.4, 0.5) is 0 Å². The number of aliphatic carboxylic acids is 1. The van der Waals surface area contributed by atoms with Gasteiger partial charge >= 0.3 is 5.97 Å². The molecule has 3 N–H and O–H groups in total. The summed E-state index contributed by atoms with van der Waals surface area (Å²) in [5.74, 6) is -0.418. The maximum Gasteiger partial charge on any atom is 0.341 e. The lowest BCUT2D eigenvalue weighted by Gasteiger charge is -2.27. The summed E-state index contributed by atoms with van der Waals surface area (Å²) in [6.07, 6.45) is 2.08. The van der Waals surface area contributed by atoms with Gasteiger partial charge in [0.25, 0.3) is 0 Å². The number of aryl methyl sites for hydroxylation is 1. The number of nitrogens with one attached hydrogen (secondary N) is 1. The highest BCUT2D eigenvalue weighted by atomic mass is 35.5. The van der Waals surface area contributed by atoms with Crippen LogP contribution in [-0.2, 0) is 17.6 Å². The van der Waals surface area contributed by atoms with E-state index < -0.39 is 12.1 Å². The average molecular weight is 376 g/mol. The number of ether oxygens (including phenoxy) is 1. The largest absolute Gasteiger partial charge is 0.482 e. The zero-order valence-corrected chi connectivity index (χ0v) is 15.1. The molecule has 6 heteroatoms. The molecule has 0 spiro atoms. The first-order chi connectivity index (χ1) is 12.5. The standard InChI is InChI=1S/C20H22ClNO4/c21-18-4-2-1-3-17(18)19(23)11-22-15-7-5-13-6-8-16(10-14(13)9-15)26-12-20(24)25/h1-4,6,8,10,15,19,22-23H,5,7,9,11-12H2,(H,24,25)/t15-,19-/m0/s1. The highest BCUT2D eigenvalue weighted by molar-refractivity contribution is 6.31. The lowest BCUT2D eigenvalue weighted by Crippen LogP contribution is -2.37. The summed E-state index contributed by atoms with van der Waals surface area (Å²) >= 11 is 6.13. The second kappa shape index (κ2) is 8.54. The number of aliphatic hydroxyl groups is 1. The Morgan fingerprint density at radius 2 is 2.08 bits per heavy atom. The second-order valence-electron chi connectivity index (χ2n) is 6.50. The summed E-state index contributed by atoms with van der Waals surface area (Å²) in [6, 6.07) is 13.3. The Labute approximate surface area is 157 Å². The molecular weight excluding hydrogens is 354 g/mol. The van der Waals surface area contributed by atoms with Crippen molar-refractivity contribution in [1.29, 1.82) is 0 Å². The number of aliphatic hydroxyl groups excluding tert-OH is 1. The van der Waals surface area contributed by atoms with Crippen LogP contribution in [0.3, 0.4) is 0 Å². The maximum atomic E-state index is 10.6. The number of fused-ring (bicyclic) bond motifs is 1. The number of hydrogen-bond acceptors (Lipinski definition) is 4. The smallest absolute Gasteiger partial charge is 0.341 e. The highest BCUT2D eigenvalue weighted by Gasteiger charge is 2.20. The zero-order valence-electron chi connectivity index (χ0n) is 14.3. The van der Waals surface area contributed by atoms with Gasteiger partial charge < -0.3 is 20.3 Å². The Bertz CT molecular complexity index is 780. The van der Waals surface area contributed by atoms with E-state index in [9.17, 15) is 9.90 Å². The minimum atomic E-state index is -0.990. The van der Waals surface area contributed by atoms with Crippen molar-refractivity contribution in [3.8, 4) is 5.75 Å². The van der Waals surface area contributed by atoms with Crippen LogP contribution in [0.25, 0.3) is 0 Å². The fourth-order valence-corrected chi connectivity index (χ4v) is 3.54. The van der Waals surface area contributed by atoms with E-state index >= 15 is 0 Å². The third-order valence-electron chi connectivity index (χ3n) is 4.63. The predicted molar refractivity (Wildman–Crippen MR) is 99.8 cm³/mol. The number of halogens is 1. The molecule has 26 heavy (non-hydrogen) atoms. The molecule has 0 bridgehead atoms. The van der Waals surface area contributed by atoms with Crippen LogP contribution in [0.5, 0.6) is 5.75 Å². The second-order valence-corrected chi connectivity index (χ2v) is 6.91. The number of carbonyl (C=O) groups is 1. The predicted octanol–water partition coefficient (Wildman–Crippen LogP) is 2.98. The fourth-order valence-electron chi connectivity index (χ4n) is 3.28. The number of carboxylic acids is 1. The lowest BCUT2D eigenvalue weighted by molar-refractivity contribution is -0.139. The Balaban J connectivity index is 1.58. The normalized spacial score (nSPS) is 17.4. The van der Waals surface area contributed by atoms with Gasteiger partial charge in [-0.3, -0.25) is 0 Å². The zero-order chi connectivity index (χ0) is 18.5. The van der Waals surface area contributed by atoms with Gasteiger partial charge in [0.2, 0.25) is 0 Å². The van der Waals surface area contributed by atoms with E-state index in [1.54, 1.807) is 6.07 Å². The monoisotopic (exact) mass is 375 g/mol. The molecule has 1 aliphatic carbocycles. The van der Waals surface area contributed by atoms with E-state index in [0.717, 1.165) is 30.4 Å². The lowest BCUT2D eigenvalue weighted by atomic mass is 9.88. The van der Waals surface area contributed by atoms with Gasteiger partial charge in [0, 0.05) is 23.2 Å². The molecule has 0 aromatic heterocycles. The minimum Gasteiger partial charge on any atom is -0.482 e. The number of carboxylic acid groups (broad SMARTS) is 1. The third-order valence-corrected chi connectivity index (χ3v) is 4.98. The molecule has 3 rings (SSSR count). The summed E-state index contributed by atoms with van der Waals surface area (Å²) in [5.41, 5.74) is 3.14. The first-order valence-corrected chi connectivity index (χ1v) is 9.03. The van der Waals surface area contributed by atoms with Crippen molar-refractivity contribution in [3.05, 3.63) is 64.2 Å². The van der Waals surface area contributed by atoms with Gasteiger partial charge in [0.05, 0.1) is 6.10 Å². The quantitative estimate of drug-likeness (QED) is 0.693. The summed E-state index contributed by atoms with van der Waals surface area (Å²) in [6.45, 7) is 0.0867. The molecule has 2 aromatic rings. The molecule has 0 heterocycles. The van der Waals surface area contributed by atoms with Crippen molar-refractivity contribution >= 4 is 17.6 Å². The van der Waals surface area contributed by atoms with Crippen molar-refractivity contribution in [2.75, 3.05) is 13.2 Å². The Morgan fingerprint density at radius 3 is 2.85 bits per heavy atom.